The first kappa shape index (κ1) is 15.4. The highest BCUT2D eigenvalue weighted by molar-refractivity contribution is 7.91. The number of carbonyl (C=O) groups excluding carboxylic acids is 1. The van der Waals surface area contributed by atoms with Crippen molar-refractivity contribution in [2.75, 3.05) is 31.1 Å². The minimum Gasteiger partial charge on any atom is -0.351 e. The van der Waals surface area contributed by atoms with Crippen LogP contribution >= 0.6 is 0 Å². The SMILES string of the molecule is CCCN(CCC)CC(=O)NC1CCS(=O)(=O)C1. The molecule has 18 heavy (non-hydrogen) atoms. The molecule has 1 saturated heterocycles. The van der Waals surface area contributed by atoms with Crippen LogP contribution in [0.3, 0.4) is 0 Å². The maximum atomic E-state index is 11.8. The topological polar surface area (TPSA) is 66.5 Å². The van der Waals surface area contributed by atoms with Gasteiger partial charge in [-0.3, -0.25) is 9.69 Å². The quantitative estimate of drug-likeness (QED) is 0.731. The fourth-order valence-electron chi connectivity index (χ4n) is 2.29. The molecule has 1 aliphatic rings. The molecular formula is C12H24N2O3S. The van der Waals surface area contributed by atoms with Gasteiger partial charge in [-0.2, -0.15) is 0 Å². The van der Waals surface area contributed by atoms with Gasteiger partial charge in [-0.15, -0.1) is 0 Å². The maximum Gasteiger partial charge on any atom is 0.234 e. The molecule has 6 heteroatoms. The molecule has 1 N–H and O–H groups in total. The summed E-state index contributed by atoms with van der Waals surface area (Å²) >= 11 is 0. The monoisotopic (exact) mass is 276 g/mol. The molecule has 1 fully saturated rings. The minimum absolute atomic E-state index is 0.0565. The fourth-order valence-corrected chi connectivity index (χ4v) is 3.96. The first-order valence-corrected chi connectivity index (χ1v) is 8.51. The summed E-state index contributed by atoms with van der Waals surface area (Å²) in [6, 6.07) is -0.187. The second-order valence-electron chi connectivity index (χ2n) is 4.94. The van der Waals surface area contributed by atoms with E-state index in [0.29, 0.717) is 13.0 Å². The standard InChI is InChI=1S/C12H24N2O3S/c1-3-6-14(7-4-2)9-12(15)13-11-5-8-18(16,17)10-11/h11H,3-10H2,1-2H3,(H,13,15). The van der Waals surface area contributed by atoms with E-state index >= 15 is 0 Å². The number of nitrogens with zero attached hydrogens (tertiary/aromatic N) is 1. The molecule has 1 heterocycles. The number of hydrogen-bond acceptors (Lipinski definition) is 4. The zero-order chi connectivity index (χ0) is 13.6. The molecule has 1 atom stereocenters. The third kappa shape index (κ3) is 5.35. The molecule has 1 rings (SSSR count). The molecule has 0 aromatic rings. The highest BCUT2D eigenvalue weighted by Gasteiger charge is 2.29. The Labute approximate surface area is 110 Å². The van der Waals surface area contributed by atoms with Gasteiger partial charge in [-0.1, -0.05) is 13.8 Å². The van der Waals surface area contributed by atoms with Gasteiger partial charge in [0.15, 0.2) is 9.84 Å². The lowest BCUT2D eigenvalue weighted by atomic mass is 10.2. The molecule has 0 radical (unpaired) electrons. The van der Waals surface area contributed by atoms with Crippen molar-refractivity contribution < 1.29 is 13.2 Å². The van der Waals surface area contributed by atoms with E-state index in [-0.39, 0.29) is 23.5 Å². The summed E-state index contributed by atoms with van der Waals surface area (Å²) in [6.45, 7) is 6.36. The highest BCUT2D eigenvalue weighted by atomic mass is 32.2. The number of carbonyl (C=O) groups is 1. The van der Waals surface area contributed by atoms with Crippen LogP contribution in [0.2, 0.25) is 0 Å². The Morgan fingerprint density at radius 1 is 1.28 bits per heavy atom. The summed E-state index contributed by atoms with van der Waals surface area (Å²) in [5.41, 5.74) is 0. The Kier molecular flexibility index (Phi) is 6.08. The van der Waals surface area contributed by atoms with Crippen molar-refractivity contribution in [3.63, 3.8) is 0 Å². The zero-order valence-electron chi connectivity index (χ0n) is 11.3. The van der Waals surface area contributed by atoms with Crippen LogP contribution in [0, 0.1) is 0 Å². The van der Waals surface area contributed by atoms with Crippen molar-refractivity contribution in [2.45, 2.75) is 39.2 Å². The van der Waals surface area contributed by atoms with Gasteiger partial charge < -0.3 is 5.32 Å². The van der Waals surface area contributed by atoms with E-state index in [4.69, 9.17) is 0 Å². The molecule has 0 saturated carbocycles. The average molecular weight is 276 g/mol. The summed E-state index contributed by atoms with van der Waals surface area (Å²) in [5.74, 6) is 0.241. The van der Waals surface area contributed by atoms with E-state index < -0.39 is 9.84 Å². The highest BCUT2D eigenvalue weighted by Crippen LogP contribution is 2.11. The number of sulfone groups is 1. The number of nitrogens with one attached hydrogen (secondary N) is 1. The second-order valence-corrected chi connectivity index (χ2v) is 7.17. The fraction of sp³-hybridized carbons (Fsp3) is 0.917. The van der Waals surface area contributed by atoms with Gasteiger partial charge in [0.05, 0.1) is 18.1 Å². The van der Waals surface area contributed by atoms with Crippen molar-refractivity contribution in [3.8, 4) is 0 Å². The normalized spacial score (nSPS) is 22.3. The molecular weight excluding hydrogens is 252 g/mol. The van der Waals surface area contributed by atoms with Gasteiger partial charge >= 0.3 is 0 Å². The summed E-state index contributed by atoms with van der Waals surface area (Å²) in [7, 11) is -2.92. The van der Waals surface area contributed by atoms with E-state index in [2.05, 4.69) is 24.1 Å². The zero-order valence-corrected chi connectivity index (χ0v) is 12.1. The van der Waals surface area contributed by atoms with Crippen molar-refractivity contribution in [1.29, 1.82) is 0 Å². The molecule has 0 spiro atoms. The molecule has 0 bridgehead atoms. The largest absolute Gasteiger partial charge is 0.351 e. The lowest BCUT2D eigenvalue weighted by Gasteiger charge is -2.21. The smallest absolute Gasteiger partial charge is 0.234 e. The Balaban J connectivity index is 2.36. The molecule has 1 aliphatic heterocycles. The Morgan fingerprint density at radius 3 is 2.33 bits per heavy atom. The van der Waals surface area contributed by atoms with Crippen LogP contribution in [0.25, 0.3) is 0 Å². The molecule has 0 aromatic carbocycles. The Morgan fingerprint density at radius 2 is 1.89 bits per heavy atom. The lowest BCUT2D eigenvalue weighted by Crippen LogP contribution is -2.43. The first-order valence-electron chi connectivity index (χ1n) is 6.69. The Hall–Kier alpha value is -0.620. The summed E-state index contributed by atoms with van der Waals surface area (Å²) in [6.07, 6.45) is 2.59. The number of amides is 1. The molecule has 106 valence electrons. The van der Waals surface area contributed by atoms with Gasteiger partial charge in [0.1, 0.15) is 0 Å². The van der Waals surface area contributed by atoms with Crippen molar-refractivity contribution >= 4 is 15.7 Å². The van der Waals surface area contributed by atoms with Crippen LogP contribution in [0.5, 0.6) is 0 Å². The van der Waals surface area contributed by atoms with Gasteiger partial charge in [0, 0.05) is 6.04 Å². The van der Waals surface area contributed by atoms with Crippen LogP contribution in [0.15, 0.2) is 0 Å². The van der Waals surface area contributed by atoms with E-state index in [0.717, 1.165) is 25.9 Å². The van der Waals surface area contributed by atoms with Gasteiger partial charge in [0.25, 0.3) is 0 Å². The predicted octanol–water partition coefficient (Wildman–Crippen LogP) is 0.412. The van der Waals surface area contributed by atoms with E-state index in [1.807, 2.05) is 0 Å². The van der Waals surface area contributed by atoms with Gasteiger partial charge in [-0.25, -0.2) is 8.42 Å². The predicted molar refractivity (Wildman–Crippen MR) is 72.2 cm³/mol. The second kappa shape index (κ2) is 7.09. The minimum atomic E-state index is -2.92. The van der Waals surface area contributed by atoms with E-state index in [1.165, 1.54) is 0 Å². The third-order valence-corrected chi connectivity index (χ3v) is 4.81. The summed E-state index contributed by atoms with van der Waals surface area (Å²) in [5, 5.41) is 2.82. The van der Waals surface area contributed by atoms with Crippen molar-refractivity contribution in [3.05, 3.63) is 0 Å². The third-order valence-electron chi connectivity index (χ3n) is 3.04. The van der Waals surface area contributed by atoms with Crippen LogP contribution < -0.4 is 5.32 Å². The average Bonchev–Trinajstić information content (AvgIpc) is 2.58. The molecule has 5 nitrogen and oxygen atoms in total. The van der Waals surface area contributed by atoms with Gasteiger partial charge in [0.2, 0.25) is 5.91 Å². The summed E-state index contributed by atoms with van der Waals surface area (Å²) < 4.78 is 22.6. The van der Waals surface area contributed by atoms with Gasteiger partial charge in [-0.05, 0) is 32.4 Å². The molecule has 0 aromatic heterocycles. The summed E-state index contributed by atoms with van der Waals surface area (Å²) in [4.78, 5) is 13.9. The lowest BCUT2D eigenvalue weighted by molar-refractivity contribution is -0.122. The number of rotatable bonds is 7. The van der Waals surface area contributed by atoms with E-state index in [1.54, 1.807) is 0 Å². The van der Waals surface area contributed by atoms with Crippen molar-refractivity contribution in [2.24, 2.45) is 0 Å². The van der Waals surface area contributed by atoms with Crippen molar-refractivity contribution in [1.82, 2.24) is 10.2 Å². The molecule has 1 amide bonds. The van der Waals surface area contributed by atoms with Crippen LogP contribution in [0.4, 0.5) is 0 Å². The first-order chi connectivity index (χ1) is 8.46. The molecule has 1 unspecified atom stereocenters. The maximum absolute atomic E-state index is 11.8. The van der Waals surface area contributed by atoms with Crippen LogP contribution in [0.1, 0.15) is 33.1 Å². The molecule has 0 aliphatic carbocycles. The van der Waals surface area contributed by atoms with Crippen LogP contribution in [-0.2, 0) is 14.6 Å². The number of hydrogen-bond donors (Lipinski definition) is 1. The van der Waals surface area contributed by atoms with Crippen LogP contribution in [-0.4, -0.2) is 56.4 Å². The Bertz CT molecular complexity index is 362. The van der Waals surface area contributed by atoms with E-state index in [9.17, 15) is 13.2 Å².